The fourth-order valence-corrected chi connectivity index (χ4v) is 2.60. The van der Waals surface area contributed by atoms with Crippen LogP contribution in [0.5, 0.6) is 11.5 Å². The van der Waals surface area contributed by atoms with Gasteiger partial charge in [-0.3, -0.25) is 9.59 Å². The number of amides is 1. The Hall–Kier alpha value is -3.03. The molecule has 0 atom stereocenters. The van der Waals surface area contributed by atoms with Crippen LogP contribution in [-0.4, -0.2) is 24.9 Å². The van der Waals surface area contributed by atoms with Crippen LogP contribution in [0.2, 0.25) is 0 Å². The number of ether oxygens (including phenoxy) is 2. The van der Waals surface area contributed by atoms with Crippen LogP contribution in [-0.2, 0) is 6.18 Å². The maximum Gasteiger partial charge on any atom is 0.417 e. The predicted octanol–water partition coefficient (Wildman–Crippen LogP) is 3.93. The number of ketones is 1. The SMILES string of the molecule is CC(=O)c1cc2c(cc1NC(=O)c1ccccc1C(F)(F)F)OCCO2. The van der Waals surface area contributed by atoms with E-state index in [-0.39, 0.29) is 23.6 Å². The van der Waals surface area contributed by atoms with Crippen molar-refractivity contribution >= 4 is 17.4 Å². The van der Waals surface area contributed by atoms with Crippen LogP contribution >= 0.6 is 0 Å². The van der Waals surface area contributed by atoms with Crippen molar-refractivity contribution in [2.75, 3.05) is 18.5 Å². The lowest BCUT2D eigenvalue weighted by molar-refractivity contribution is -0.137. The Balaban J connectivity index is 1.99. The van der Waals surface area contributed by atoms with Gasteiger partial charge in [0.05, 0.1) is 16.8 Å². The van der Waals surface area contributed by atoms with E-state index in [1.165, 1.54) is 31.2 Å². The maximum atomic E-state index is 13.1. The van der Waals surface area contributed by atoms with Gasteiger partial charge in [0, 0.05) is 11.6 Å². The van der Waals surface area contributed by atoms with Gasteiger partial charge in [-0.25, -0.2) is 0 Å². The van der Waals surface area contributed by atoms with Crippen LogP contribution in [0.3, 0.4) is 0 Å². The fourth-order valence-electron chi connectivity index (χ4n) is 2.60. The van der Waals surface area contributed by atoms with Crippen molar-refractivity contribution in [2.45, 2.75) is 13.1 Å². The highest BCUT2D eigenvalue weighted by atomic mass is 19.4. The quantitative estimate of drug-likeness (QED) is 0.837. The Kier molecular flexibility index (Phi) is 4.58. The molecule has 1 amide bonds. The molecule has 0 bridgehead atoms. The topological polar surface area (TPSA) is 64.6 Å². The second kappa shape index (κ2) is 6.70. The first kappa shape index (κ1) is 17.8. The van der Waals surface area contributed by atoms with E-state index in [2.05, 4.69) is 5.32 Å². The highest BCUT2D eigenvalue weighted by molar-refractivity contribution is 6.10. The summed E-state index contributed by atoms with van der Waals surface area (Å²) in [7, 11) is 0. The molecule has 5 nitrogen and oxygen atoms in total. The minimum Gasteiger partial charge on any atom is -0.486 e. The molecule has 136 valence electrons. The summed E-state index contributed by atoms with van der Waals surface area (Å²) in [4.78, 5) is 24.3. The normalized spacial score (nSPS) is 13.2. The largest absolute Gasteiger partial charge is 0.486 e. The Bertz CT molecular complexity index is 877. The number of carbonyl (C=O) groups is 2. The van der Waals surface area contributed by atoms with Crippen LogP contribution < -0.4 is 14.8 Å². The smallest absolute Gasteiger partial charge is 0.417 e. The Morgan fingerprint density at radius 1 is 1.00 bits per heavy atom. The summed E-state index contributed by atoms with van der Waals surface area (Å²) in [6.45, 7) is 1.89. The van der Waals surface area contributed by atoms with E-state index in [1.807, 2.05) is 0 Å². The van der Waals surface area contributed by atoms with Crippen molar-refractivity contribution in [3.8, 4) is 11.5 Å². The number of nitrogens with one attached hydrogen (secondary N) is 1. The maximum absolute atomic E-state index is 13.1. The molecule has 1 N–H and O–H groups in total. The third kappa shape index (κ3) is 3.49. The van der Waals surface area contributed by atoms with Crippen LogP contribution in [0.25, 0.3) is 0 Å². The number of halogens is 3. The molecular weight excluding hydrogens is 351 g/mol. The lowest BCUT2D eigenvalue weighted by Crippen LogP contribution is -2.21. The molecule has 3 rings (SSSR count). The highest BCUT2D eigenvalue weighted by Gasteiger charge is 2.35. The van der Waals surface area contributed by atoms with Crippen molar-refractivity contribution in [1.29, 1.82) is 0 Å². The predicted molar refractivity (Wildman–Crippen MR) is 86.8 cm³/mol. The molecule has 0 aromatic heterocycles. The van der Waals surface area contributed by atoms with Crippen LogP contribution in [0.4, 0.5) is 18.9 Å². The lowest BCUT2D eigenvalue weighted by Gasteiger charge is -2.21. The van der Waals surface area contributed by atoms with Crippen molar-refractivity contribution in [2.24, 2.45) is 0 Å². The first-order valence-corrected chi connectivity index (χ1v) is 7.69. The molecule has 8 heteroatoms. The summed E-state index contributed by atoms with van der Waals surface area (Å²) in [5.41, 5.74) is -1.42. The van der Waals surface area contributed by atoms with E-state index in [0.29, 0.717) is 18.1 Å². The van der Waals surface area contributed by atoms with Gasteiger partial charge in [0.1, 0.15) is 13.2 Å². The average molecular weight is 365 g/mol. The second-order valence-corrected chi connectivity index (χ2v) is 5.60. The molecule has 0 spiro atoms. The zero-order chi connectivity index (χ0) is 18.9. The minimum absolute atomic E-state index is 0.0590. The Morgan fingerprint density at radius 3 is 2.23 bits per heavy atom. The van der Waals surface area contributed by atoms with E-state index in [4.69, 9.17) is 9.47 Å². The number of Topliss-reactive ketones (excluding diaryl/α,β-unsaturated/α-hetero) is 1. The average Bonchev–Trinajstić information content (AvgIpc) is 2.60. The zero-order valence-corrected chi connectivity index (χ0v) is 13.6. The molecule has 0 unspecified atom stereocenters. The summed E-state index contributed by atoms with van der Waals surface area (Å²) in [5.74, 6) is -0.700. The Labute approximate surface area is 146 Å². The van der Waals surface area contributed by atoms with Crippen LogP contribution in [0, 0.1) is 0 Å². The van der Waals surface area contributed by atoms with Gasteiger partial charge >= 0.3 is 6.18 Å². The summed E-state index contributed by atoms with van der Waals surface area (Å²) in [6, 6.07) is 7.21. The molecule has 2 aromatic rings. The summed E-state index contributed by atoms with van der Waals surface area (Å²) in [6.07, 6.45) is -4.68. The van der Waals surface area contributed by atoms with Gasteiger partial charge in [-0.2, -0.15) is 13.2 Å². The van der Waals surface area contributed by atoms with Gasteiger partial charge in [-0.05, 0) is 25.1 Å². The number of fused-ring (bicyclic) bond motifs is 1. The van der Waals surface area contributed by atoms with Crippen molar-refractivity contribution in [3.05, 3.63) is 53.1 Å². The third-order valence-corrected chi connectivity index (χ3v) is 3.79. The molecule has 1 aliphatic heterocycles. The first-order chi connectivity index (χ1) is 12.3. The van der Waals surface area contributed by atoms with E-state index >= 15 is 0 Å². The van der Waals surface area contributed by atoms with Crippen molar-refractivity contribution in [1.82, 2.24) is 0 Å². The number of hydrogen-bond donors (Lipinski definition) is 1. The van der Waals surface area contributed by atoms with Crippen molar-refractivity contribution in [3.63, 3.8) is 0 Å². The Morgan fingerprint density at radius 2 is 1.62 bits per heavy atom. The molecule has 0 saturated carbocycles. The van der Waals surface area contributed by atoms with Crippen LogP contribution in [0.15, 0.2) is 36.4 Å². The highest BCUT2D eigenvalue weighted by Crippen LogP contribution is 2.37. The zero-order valence-electron chi connectivity index (χ0n) is 13.6. The van der Waals surface area contributed by atoms with Crippen molar-refractivity contribution < 1.29 is 32.2 Å². The molecule has 2 aromatic carbocycles. The van der Waals surface area contributed by atoms with Crippen LogP contribution in [0.1, 0.15) is 33.2 Å². The monoisotopic (exact) mass is 365 g/mol. The number of hydrogen-bond acceptors (Lipinski definition) is 4. The molecule has 26 heavy (non-hydrogen) atoms. The minimum atomic E-state index is -4.68. The fraction of sp³-hybridized carbons (Fsp3) is 0.222. The van der Waals surface area contributed by atoms with Gasteiger partial charge in [0.15, 0.2) is 17.3 Å². The van der Waals surface area contributed by atoms with Gasteiger partial charge < -0.3 is 14.8 Å². The van der Waals surface area contributed by atoms with Gasteiger partial charge in [-0.15, -0.1) is 0 Å². The van der Waals surface area contributed by atoms with E-state index in [0.717, 1.165) is 12.1 Å². The number of rotatable bonds is 3. The van der Waals surface area contributed by atoms with Gasteiger partial charge in [0.25, 0.3) is 5.91 Å². The molecule has 0 aliphatic carbocycles. The van der Waals surface area contributed by atoms with E-state index in [9.17, 15) is 22.8 Å². The second-order valence-electron chi connectivity index (χ2n) is 5.60. The standard InChI is InChI=1S/C18H14F3NO4/c1-10(23)12-8-15-16(26-7-6-25-15)9-14(12)22-17(24)11-4-2-3-5-13(11)18(19,20)21/h2-5,8-9H,6-7H2,1H3,(H,22,24). The molecule has 0 radical (unpaired) electrons. The number of alkyl halides is 3. The van der Waals surface area contributed by atoms with Gasteiger partial charge in [-0.1, -0.05) is 12.1 Å². The van der Waals surface area contributed by atoms with E-state index in [1.54, 1.807) is 0 Å². The molecular formula is C18H14F3NO4. The molecule has 0 saturated heterocycles. The first-order valence-electron chi connectivity index (χ1n) is 7.69. The number of carbonyl (C=O) groups excluding carboxylic acids is 2. The third-order valence-electron chi connectivity index (χ3n) is 3.79. The number of anilines is 1. The number of benzene rings is 2. The molecule has 0 fully saturated rings. The van der Waals surface area contributed by atoms with Gasteiger partial charge in [0.2, 0.25) is 0 Å². The summed E-state index contributed by atoms with van der Waals surface area (Å²) >= 11 is 0. The summed E-state index contributed by atoms with van der Waals surface area (Å²) in [5, 5.41) is 2.38. The molecule has 1 heterocycles. The molecule has 1 aliphatic rings. The van der Waals surface area contributed by atoms with E-state index < -0.39 is 23.2 Å². The lowest BCUT2D eigenvalue weighted by atomic mass is 10.0. The summed E-state index contributed by atoms with van der Waals surface area (Å²) < 4.78 is 50.1.